The van der Waals surface area contributed by atoms with Crippen molar-refractivity contribution in [1.29, 1.82) is 0 Å². The van der Waals surface area contributed by atoms with E-state index in [-0.39, 0.29) is 17.6 Å². The van der Waals surface area contributed by atoms with Crippen molar-refractivity contribution in [3.8, 4) is 5.75 Å². The Hall–Kier alpha value is -2.93. The molecule has 2 saturated heterocycles. The molecule has 182 valence electrons. The summed E-state index contributed by atoms with van der Waals surface area (Å²) in [5, 5.41) is 6.13. The van der Waals surface area contributed by atoms with Gasteiger partial charge in [-0.15, -0.1) is 0 Å². The Morgan fingerprint density at radius 2 is 2.09 bits per heavy atom. The van der Waals surface area contributed by atoms with Crippen LogP contribution < -0.4 is 15.4 Å². The molecule has 7 heteroatoms. The monoisotopic (exact) mass is 467 g/mol. The molecule has 0 radical (unpaired) electrons. The van der Waals surface area contributed by atoms with E-state index >= 15 is 0 Å². The molecule has 0 aromatic heterocycles. The van der Waals surface area contributed by atoms with Gasteiger partial charge in [-0.2, -0.15) is 0 Å². The zero-order chi connectivity index (χ0) is 24.0. The quantitative estimate of drug-likeness (QED) is 0.562. The molecule has 2 amide bonds. The first-order chi connectivity index (χ1) is 16.5. The van der Waals surface area contributed by atoms with Crippen LogP contribution in [0.3, 0.4) is 0 Å². The number of methoxy groups -OCH3 is 1. The van der Waals surface area contributed by atoms with Gasteiger partial charge in [0.25, 0.3) is 0 Å². The van der Waals surface area contributed by atoms with Crippen LogP contribution in [0.5, 0.6) is 5.75 Å². The lowest BCUT2D eigenvalue weighted by Gasteiger charge is -2.29. The Labute approximate surface area is 200 Å². The number of amides is 2. The average Bonchev–Trinajstić information content (AvgIpc) is 3.47. The van der Waals surface area contributed by atoms with Gasteiger partial charge in [-0.1, -0.05) is 36.4 Å². The summed E-state index contributed by atoms with van der Waals surface area (Å²) in [6.45, 7) is 3.53. The van der Waals surface area contributed by atoms with Gasteiger partial charge in [-0.05, 0) is 61.4 Å². The highest BCUT2D eigenvalue weighted by Crippen LogP contribution is 2.31. The summed E-state index contributed by atoms with van der Waals surface area (Å²) >= 11 is 0. The number of carbonyl (C=O) groups is 2. The highest BCUT2D eigenvalue weighted by Gasteiger charge is 2.38. The summed E-state index contributed by atoms with van der Waals surface area (Å²) in [5.74, 6) is 0.328. The number of benzene rings is 2. The smallest absolute Gasteiger partial charge is 0.220 e. The number of carbonyl (C=O) groups excluding carboxylic acids is 2. The van der Waals surface area contributed by atoms with Crippen molar-refractivity contribution in [2.75, 3.05) is 33.3 Å². The Kier molecular flexibility index (Phi) is 7.83. The first-order valence-corrected chi connectivity index (χ1v) is 12.1. The van der Waals surface area contributed by atoms with Gasteiger partial charge < -0.3 is 20.3 Å². The number of halogens is 1. The predicted octanol–water partition coefficient (Wildman–Crippen LogP) is 3.41. The summed E-state index contributed by atoms with van der Waals surface area (Å²) in [6, 6.07) is 15.4. The molecule has 2 atom stereocenters. The molecule has 4 rings (SSSR count). The van der Waals surface area contributed by atoms with E-state index in [9.17, 15) is 14.0 Å². The average molecular weight is 468 g/mol. The second kappa shape index (κ2) is 11.0. The molecule has 34 heavy (non-hydrogen) atoms. The van der Waals surface area contributed by atoms with Crippen molar-refractivity contribution >= 4 is 11.8 Å². The number of hydrogen-bond donors (Lipinski definition) is 2. The number of nitrogens with one attached hydrogen (secondary N) is 2. The molecule has 0 unspecified atom stereocenters. The molecule has 2 aromatic carbocycles. The van der Waals surface area contributed by atoms with Crippen LogP contribution in [0.2, 0.25) is 0 Å². The van der Waals surface area contributed by atoms with Crippen molar-refractivity contribution in [2.45, 2.75) is 50.0 Å². The SMILES string of the molecule is COc1cc(C[C@]2(CCC(=O)NCCN3CC[C@H](c4ccccc4)C3)CCC(=O)N2)ccc1F. The minimum Gasteiger partial charge on any atom is -0.494 e. The fourth-order valence-corrected chi connectivity index (χ4v) is 5.21. The molecular weight excluding hydrogens is 433 g/mol. The maximum atomic E-state index is 13.8. The first kappa shape index (κ1) is 24.2. The molecule has 0 bridgehead atoms. The zero-order valence-corrected chi connectivity index (χ0v) is 19.8. The van der Waals surface area contributed by atoms with E-state index in [4.69, 9.17) is 4.74 Å². The normalized spacial score (nSPS) is 22.5. The lowest BCUT2D eigenvalue weighted by Crippen LogP contribution is -2.44. The molecular formula is C27H34FN3O3. The Morgan fingerprint density at radius 1 is 1.26 bits per heavy atom. The van der Waals surface area contributed by atoms with E-state index in [1.165, 1.54) is 18.7 Å². The Balaban J connectivity index is 1.24. The van der Waals surface area contributed by atoms with Crippen LogP contribution in [-0.4, -0.2) is 55.5 Å². The van der Waals surface area contributed by atoms with Gasteiger partial charge in [0, 0.05) is 38.0 Å². The molecule has 2 heterocycles. The molecule has 0 saturated carbocycles. The van der Waals surface area contributed by atoms with Crippen LogP contribution in [0, 0.1) is 5.82 Å². The van der Waals surface area contributed by atoms with Gasteiger partial charge in [0.1, 0.15) is 0 Å². The summed E-state index contributed by atoms with van der Waals surface area (Å²) in [4.78, 5) is 27.0. The van der Waals surface area contributed by atoms with E-state index in [1.807, 2.05) is 6.07 Å². The number of rotatable bonds is 10. The van der Waals surface area contributed by atoms with Gasteiger partial charge in [-0.3, -0.25) is 9.59 Å². The van der Waals surface area contributed by atoms with Gasteiger partial charge in [-0.25, -0.2) is 4.39 Å². The summed E-state index contributed by atoms with van der Waals surface area (Å²) in [5.41, 5.74) is 1.77. The van der Waals surface area contributed by atoms with Gasteiger partial charge >= 0.3 is 0 Å². The van der Waals surface area contributed by atoms with Gasteiger partial charge in [0.2, 0.25) is 11.8 Å². The number of ether oxygens (including phenoxy) is 1. The van der Waals surface area contributed by atoms with E-state index in [1.54, 1.807) is 12.1 Å². The standard InChI is InChI=1S/C27H34FN3O3/c1-34-24-17-20(7-8-23(24)28)18-27(13-10-26(33)30-27)12-9-25(32)29-14-16-31-15-11-22(19-31)21-5-3-2-4-6-21/h2-8,17,22H,9-16,18-19H2,1H3,(H,29,32)(H,30,33)/t22-,27-/m0/s1. The first-order valence-electron chi connectivity index (χ1n) is 12.1. The molecule has 0 spiro atoms. The topological polar surface area (TPSA) is 70.7 Å². The third-order valence-corrected chi connectivity index (χ3v) is 7.12. The summed E-state index contributed by atoms with van der Waals surface area (Å²) < 4.78 is 18.9. The van der Waals surface area contributed by atoms with E-state index in [0.717, 1.165) is 31.6 Å². The van der Waals surface area contributed by atoms with Gasteiger partial charge in [0.05, 0.1) is 7.11 Å². The van der Waals surface area contributed by atoms with Crippen LogP contribution >= 0.6 is 0 Å². The maximum absolute atomic E-state index is 13.8. The number of nitrogens with zero attached hydrogens (tertiary/aromatic N) is 1. The predicted molar refractivity (Wildman–Crippen MR) is 129 cm³/mol. The number of likely N-dealkylation sites (tertiary alicyclic amines) is 1. The third kappa shape index (κ3) is 6.14. The fraction of sp³-hybridized carbons (Fsp3) is 0.481. The van der Waals surface area contributed by atoms with Crippen molar-refractivity contribution in [1.82, 2.24) is 15.5 Å². The molecule has 2 aliphatic heterocycles. The molecule has 2 fully saturated rings. The summed E-state index contributed by atoms with van der Waals surface area (Å²) in [7, 11) is 1.43. The largest absolute Gasteiger partial charge is 0.494 e. The minimum atomic E-state index is -0.491. The van der Waals surface area contributed by atoms with Crippen LogP contribution in [0.15, 0.2) is 48.5 Å². The minimum absolute atomic E-state index is 0.00325. The number of hydrogen-bond acceptors (Lipinski definition) is 4. The van der Waals surface area contributed by atoms with Gasteiger partial charge in [0.15, 0.2) is 11.6 Å². The second-order valence-electron chi connectivity index (χ2n) is 9.52. The Bertz CT molecular complexity index is 1000. The molecule has 6 nitrogen and oxygen atoms in total. The van der Waals surface area contributed by atoms with Crippen LogP contribution in [-0.2, 0) is 16.0 Å². The van der Waals surface area contributed by atoms with Crippen molar-refractivity contribution < 1.29 is 18.7 Å². The van der Waals surface area contributed by atoms with Crippen molar-refractivity contribution in [3.63, 3.8) is 0 Å². The fourth-order valence-electron chi connectivity index (χ4n) is 5.21. The van der Waals surface area contributed by atoms with Crippen LogP contribution in [0.1, 0.15) is 49.1 Å². The molecule has 2 N–H and O–H groups in total. The lowest BCUT2D eigenvalue weighted by atomic mass is 9.85. The third-order valence-electron chi connectivity index (χ3n) is 7.12. The molecule has 2 aromatic rings. The maximum Gasteiger partial charge on any atom is 0.220 e. The van der Waals surface area contributed by atoms with Crippen LogP contribution in [0.25, 0.3) is 0 Å². The van der Waals surface area contributed by atoms with Crippen molar-refractivity contribution in [3.05, 3.63) is 65.5 Å². The van der Waals surface area contributed by atoms with Crippen molar-refractivity contribution in [2.24, 2.45) is 0 Å². The highest BCUT2D eigenvalue weighted by atomic mass is 19.1. The van der Waals surface area contributed by atoms with E-state index in [2.05, 4.69) is 39.8 Å². The Morgan fingerprint density at radius 3 is 2.82 bits per heavy atom. The summed E-state index contributed by atoms with van der Waals surface area (Å²) in [6.07, 6.45) is 3.67. The molecule has 0 aliphatic carbocycles. The van der Waals surface area contributed by atoms with E-state index < -0.39 is 11.4 Å². The lowest BCUT2D eigenvalue weighted by molar-refractivity contribution is -0.122. The van der Waals surface area contributed by atoms with E-state index in [0.29, 0.717) is 44.6 Å². The second-order valence-corrected chi connectivity index (χ2v) is 9.52. The zero-order valence-electron chi connectivity index (χ0n) is 19.8. The van der Waals surface area contributed by atoms with Crippen LogP contribution in [0.4, 0.5) is 4.39 Å². The highest BCUT2D eigenvalue weighted by molar-refractivity contribution is 5.80. The molecule has 2 aliphatic rings.